The fourth-order valence-corrected chi connectivity index (χ4v) is 2.27. The topological polar surface area (TPSA) is 22.1 Å². The molecule has 0 bridgehead atoms. The van der Waals surface area contributed by atoms with Crippen LogP contribution >= 0.6 is 15.9 Å². The predicted octanol–water partition coefficient (Wildman–Crippen LogP) is 5.20. The minimum absolute atomic E-state index is 0.287. The van der Waals surface area contributed by atoms with Crippen LogP contribution in [0.2, 0.25) is 0 Å². The summed E-state index contributed by atoms with van der Waals surface area (Å²) >= 11 is 3.16. The lowest BCUT2D eigenvalue weighted by Crippen LogP contribution is -2.08. The summed E-state index contributed by atoms with van der Waals surface area (Å²) in [7, 11) is 0. The monoisotopic (exact) mass is 347 g/mol. The molecule has 0 N–H and O–H groups in total. The Bertz CT molecular complexity index is 613. The van der Waals surface area contributed by atoms with Gasteiger partial charge in [0.25, 0.3) is 0 Å². The molecule has 0 amide bonds. The number of hydrogen-bond donors (Lipinski definition) is 0. The average molecular weight is 348 g/mol. The van der Waals surface area contributed by atoms with Crippen LogP contribution in [0.5, 0.6) is 5.75 Å². The molecule has 6 heteroatoms. The van der Waals surface area contributed by atoms with Gasteiger partial charge < -0.3 is 4.74 Å². The van der Waals surface area contributed by atoms with Crippen LogP contribution in [-0.4, -0.2) is 11.6 Å². The molecule has 1 aromatic carbocycles. The van der Waals surface area contributed by atoms with E-state index in [1.165, 1.54) is 6.07 Å². The van der Waals surface area contributed by atoms with Crippen molar-refractivity contribution in [1.82, 2.24) is 4.98 Å². The number of halogens is 4. The van der Waals surface area contributed by atoms with Crippen LogP contribution in [0.4, 0.5) is 13.2 Å². The number of nitrogens with zero attached hydrogens (tertiary/aromatic N) is 1. The molecule has 0 saturated carbocycles. The van der Waals surface area contributed by atoms with Crippen molar-refractivity contribution in [2.24, 2.45) is 0 Å². The van der Waals surface area contributed by atoms with E-state index in [1.54, 1.807) is 12.1 Å². The second-order valence-electron chi connectivity index (χ2n) is 4.37. The fourth-order valence-electron chi connectivity index (χ4n) is 1.73. The number of rotatable bonds is 4. The number of pyridine rings is 1. The lowest BCUT2D eigenvalue weighted by molar-refractivity contribution is -0.141. The lowest BCUT2D eigenvalue weighted by atomic mass is 10.2. The first kappa shape index (κ1) is 15.1. The van der Waals surface area contributed by atoms with Crippen LogP contribution in [0, 0.1) is 0 Å². The molecule has 0 fully saturated rings. The minimum Gasteiger partial charge on any atom is -0.494 e. The highest BCUT2D eigenvalue weighted by atomic mass is 79.9. The standard InChI is InChI=1S/C14H13BrF3NO/c1-2-3-6-20-9-4-5-12-10(7-9)11(15)8-13(19-12)14(16,17)18/h4-5,7-8H,2-3,6H2,1H3. The largest absolute Gasteiger partial charge is 0.494 e. The molecule has 0 aliphatic heterocycles. The SMILES string of the molecule is CCCCOc1ccc2nc(C(F)(F)F)cc(Br)c2c1. The van der Waals surface area contributed by atoms with Crippen molar-refractivity contribution in [3.8, 4) is 5.75 Å². The number of fused-ring (bicyclic) bond motifs is 1. The van der Waals surface area contributed by atoms with E-state index in [2.05, 4.69) is 27.8 Å². The third-order valence-corrected chi connectivity index (χ3v) is 3.44. The van der Waals surface area contributed by atoms with Crippen molar-refractivity contribution in [1.29, 1.82) is 0 Å². The molecule has 2 aromatic rings. The Labute approximate surface area is 123 Å². The first-order valence-electron chi connectivity index (χ1n) is 6.22. The van der Waals surface area contributed by atoms with Gasteiger partial charge in [-0.3, -0.25) is 0 Å². The van der Waals surface area contributed by atoms with Gasteiger partial charge in [0.2, 0.25) is 0 Å². The smallest absolute Gasteiger partial charge is 0.433 e. The summed E-state index contributed by atoms with van der Waals surface area (Å²) in [6.07, 6.45) is -2.49. The first-order chi connectivity index (χ1) is 9.41. The Morgan fingerprint density at radius 1 is 1.25 bits per heavy atom. The summed E-state index contributed by atoms with van der Waals surface area (Å²) in [4.78, 5) is 3.63. The van der Waals surface area contributed by atoms with Crippen molar-refractivity contribution in [2.75, 3.05) is 6.61 Å². The molecule has 0 saturated heterocycles. The van der Waals surface area contributed by atoms with Crippen LogP contribution < -0.4 is 4.74 Å². The fraction of sp³-hybridized carbons (Fsp3) is 0.357. The van der Waals surface area contributed by atoms with Crippen LogP contribution in [0.1, 0.15) is 25.5 Å². The van der Waals surface area contributed by atoms with Gasteiger partial charge in [-0.2, -0.15) is 13.2 Å². The molecule has 1 heterocycles. The number of hydrogen-bond acceptors (Lipinski definition) is 2. The van der Waals surface area contributed by atoms with Gasteiger partial charge in [0, 0.05) is 9.86 Å². The van der Waals surface area contributed by atoms with E-state index in [1.807, 2.05) is 0 Å². The molecule has 0 spiro atoms. The van der Waals surface area contributed by atoms with Gasteiger partial charge in [-0.05, 0) is 30.7 Å². The summed E-state index contributed by atoms with van der Waals surface area (Å²) in [6.45, 7) is 2.65. The van der Waals surface area contributed by atoms with E-state index >= 15 is 0 Å². The highest BCUT2D eigenvalue weighted by molar-refractivity contribution is 9.10. The molecular formula is C14H13BrF3NO. The van der Waals surface area contributed by atoms with E-state index in [4.69, 9.17) is 4.74 Å². The van der Waals surface area contributed by atoms with E-state index in [-0.39, 0.29) is 5.52 Å². The van der Waals surface area contributed by atoms with Crippen molar-refractivity contribution < 1.29 is 17.9 Å². The minimum atomic E-state index is -4.45. The third kappa shape index (κ3) is 3.42. The van der Waals surface area contributed by atoms with Crippen molar-refractivity contribution in [2.45, 2.75) is 25.9 Å². The quantitative estimate of drug-likeness (QED) is 0.709. The second-order valence-corrected chi connectivity index (χ2v) is 5.22. The maximum atomic E-state index is 12.7. The predicted molar refractivity (Wildman–Crippen MR) is 74.8 cm³/mol. The zero-order chi connectivity index (χ0) is 14.8. The Hall–Kier alpha value is -1.30. The molecule has 2 nitrogen and oxygen atoms in total. The molecule has 0 aliphatic carbocycles. The highest BCUT2D eigenvalue weighted by Crippen LogP contribution is 2.34. The number of benzene rings is 1. The van der Waals surface area contributed by atoms with Crippen LogP contribution in [0.15, 0.2) is 28.7 Å². The van der Waals surface area contributed by atoms with Crippen molar-refractivity contribution in [3.63, 3.8) is 0 Å². The summed E-state index contributed by atoms with van der Waals surface area (Å²) in [5.41, 5.74) is -0.619. The molecule has 20 heavy (non-hydrogen) atoms. The summed E-state index contributed by atoms with van der Waals surface area (Å²) in [6, 6.07) is 5.86. The molecule has 0 unspecified atom stereocenters. The number of ether oxygens (including phenoxy) is 1. The number of unbranched alkanes of at least 4 members (excludes halogenated alkanes) is 1. The van der Waals surface area contributed by atoms with E-state index in [0.29, 0.717) is 22.2 Å². The van der Waals surface area contributed by atoms with Gasteiger partial charge in [0.05, 0.1) is 12.1 Å². The summed E-state index contributed by atoms with van der Waals surface area (Å²) < 4.78 is 43.9. The Balaban J connectivity index is 2.36. The van der Waals surface area contributed by atoms with Gasteiger partial charge in [0.15, 0.2) is 0 Å². The average Bonchev–Trinajstić information content (AvgIpc) is 2.38. The van der Waals surface area contributed by atoms with Crippen molar-refractivity contribution in [3.05, 3.63) is 34.4 Å². The molecule has 108 valence electrons. The second kappa shape index (κ2) is 5.99. The molecular weight excluding hydrogens is 335 g/mol. The van der Waals surface area contributed by atoms with Gasteiger partial charge in [-0.15, -0.1) is 0 Å². The van der Waals surface area contributed by atoms with E-state index in [9.17, 15) is 13.2 Å². The van der Waals surface area contributed by atoms with Crippen LogP contribution in [0.3, 0.4) is 0 Å². The summed E-state index contributed by atoms with van der Waals surface area (Å²) in [5.74, 6) is 0.633. The normalized spacial score (nSPS) is 11.8. The Kier molecular flexibility index (Phi) is 4.52. The molecule has 1 aromatic heterocycles. The van der Waals surface area contributed by atoms with Gasteiger partial charge in [-0.25, -0.2) is 4.98 Å². The zero-order valence-corrected chi connectivity index (χ0v) is 12.4. The number of aromatic nitrogens is 1. The maximum absolute atomic E-state index is 12.7. The Morgan fingerprint density at radius 2 is 2.00 bits per heavy atom. The zero-order valence-electron chi connectivity index (χ0n) is 10.8. The van der Waals surface area contributed by atoms with Gasteiger partial charge in [-0.1, -0.05) is 29.3 Å². The van der Waals surface area contributed by atoms with Crippen LogP contribution in [-0.2, 0) is 6.18 Å². The number of alkyl halides is 3. The van der Waals surface area contributed by atoms with Crippen LogP contribution in [0.25, 0.3) is 10.9 Å². The maximum Gasteiger partial charge on any atom is 0.433 e. The Morgan fingerprint density at radius 3 is 2.65 bits per heavy atom. The van der Waals surface area contributed by atoms with Gasteiger partial charge in [0.1, 0.15) is 11.4 Å². The van der Waals surface area contributed by atoms with Crippen molar-refractivity contribution >= 4 is 26.8 Å². The lowest BCUT2D eigenvalue weighted by Gasteiger charge is -2.10. The highest BCUT2D eigenvalue weighted by Gasteiger charge is 2.33. The molecule has 0 aliphatic rings. The van der Waals surface area contributed by atoms with E-state index < -0.39 is 11.9 Å². The first-order valence-corrected chi connectivity index (χ1v) is 7.01. The summed E-state index contributed by atoms with van der Waals surface area (Å²) in [5, 5.41) is 0.604. The van der Waals surface area contributed by atoms with Gasteiger partial charge >= 0.3 is 6.18 Å². The third-order valence-electron chi connectivity index (χ3n) is 2.79. The molecule has 0 radical (unpaired) electrons. The molecule has 0 atom stereocenters. The van der Waals surface area contributed by atoms with E-state index in [0.717, 1.165) is 18.9 Å². The molecule has 2 rings (SSSR count).